The van der Waals surface area contributed by atoms with Gasteiger partial charge in [0.15, 0.2) is 0 Å². The SMILES string of the molecule is CCC(CI)CCCCCC(=O)OC1CCO1. The van der Waals surface area contributed by atoms with Crippen LogP contribution in [0.4, 0.5) is 0 Å². The van der Waals surface area contributed by atoms with Gasteiger partial charge in [-0.3, -0.25) is 4.79 Å². The number of halogens is 1. The summed E-state index contributed by atoms with van der Waals surface area (Å²) < 4.78 is 11.4. The van der Waals surface area contributed by atoms with Gasteiger partial charge in [0.05, 0.1) is 6.61 Å². The smallest absolute Gasteiger partial charge is 0.308 e. The molecule has 1 fully saturated rings. The molecule has 0 radical (unpaired) electrons. The van der Waals surface area contributed by atoms with E-state index in [1.54, 1.807) is 0 Å². The average Bonchev–Trinajstić information content (AvgIpc) is 2.28. The van der Waals surface area contributed by atoms with E-state index in [0.717, 1.165) is 31.8 Å². The van der Waals surface area contributed by atoms with Crippen LogP contribution in [0.1, 0.15) is 51.9 Å². The minimum Gasteiger partial charge on any atom is -0.436 e. The molecular formula is C13H23IO3. The minimum absolute atomic E-state index is 0.101. The third-order valence-electron chi connectivity index (χ3n) is 3.21. The summed E-state index contributed by atoms with van der Waals surface area (Å²) in [4.78, 5) is 11.4. The average molecular weight is 354 g/mol. The predicted octanol–water partition coefficient (Wildman–Crippen LogP) is 3.69. The third-order valence-corrected chi connectivity index (χ3v) is 4.45. The lowest BCUT2D eigenvalue weighted by Crippen LogP contribution is -2.31. The van der Waals surface area contributed by atoms with Gasteiger partial charge >= 0.3 is 5.97 Å². The first kappa shape index (κ1) is 15.2. The summed E-state index contributed by atoms with van der Waals surface area (Å²) in [6.45, 7) is 2.98. The maximum atomic E-state index is 11.4. The van der Waals surface area contributed by atoms with Gasteiger partial charge in [0.25, 0.3) is 0 Å². The predicted molar refractivity (Wildman–Crippen MR) is 76.2 cm³/mol. The fourth-order valence-electron chi connectivity index (χ4n) is 1.78. The molecule has 3 nitrogen and oxygen atoms in total. The first-order chi connectivity index (χ1) is 8.26. The number of carbonyl (C=O) groups is 1. The van der Waals surface area contributed by atoms with Crippen molar-refractivity contribution in [2.45, 2.75) is 58.2 Å². The lowest BCUT2D eigenvalue weighted by atomic mass is 10.0. The normalized spacial score (nSPS) is 20.7. The van der Waals surface area contributed by atoms with Crippen molar-refractivity contribution in [2.75, 3.05) is 11.0 Å². The number of rotatable bonds is 9. The fourth-order valence-corrected chi connectivity index (χ4v) is 2.85. The van der Waals surface area contributed by atoms with Crippen LogP contribution in [-0.2, 0) is 14.3 Å². The Hall–Kier alpha value is 0.160. The molecule has 1 rings (SSSR count). The number of unbranched alkanes of at least 4 members (excludes halogenated alkanes) is 2. The number of ether oxygens (including phenoxy) is 2. The maximum absolute atomic E-state index is 11.4. The van der Waals surface area contributed by atoms with Gasteiger partial charge < -0.3 is 9.47 Å². The van der Waals surface area contributed by atoms with Crippen molar-refractivity contribution in [1.82, 2.24) is 0 Å². The van der Waals surface area contributed by atoms with E-state index >= 15 is 0 Å². The Morgan fingerprint density at radius 1 is 1.47 bits per heavy atom. The van der Waals surface area contributed by atoms with Crippen LogP contribution in [0.5, 0.6) is 0 Å². The van der Waals surface area contributed by atoms with Crippen molar-refractivity contribution in [3.8, 4) is 0 Å². The van der Waals surface area contributed by atoms with Crippen molar-refractivity contribution in [3.63, 3.8) is 0 Å². The van der Waals surface area contributed by atoms with Crippen molar-refractivity contribution in [1.29, 1.82) is 0 Å². The largest absolute Gasteiger partial charge is 0.436 e. The monoisotopic (exact) mass is 354 g/mol. The quantitative estimate of drug-likeness (QED) is 0.274. The molecule has 1 aliphatic heterocycles. The molecule has 1 heterocycles. The molecule has 0 aromatic rings. The van der Waals surface area contributed by atoms with Crippen molar-refractivity contribution in [2.24, 2.45) is 5.92 Å². The van der Waals surface area contributed by atoms with Crippen molar-refractivity contribution < 1.29 is 14.3 Å². The fraction of sp³-hybridized carbons (Fsp3) is 0.923. The molecule has 0 bridgehead atoms. The molecule has 1 saturated heterocycles. The molecule has 0 aromatic carbocycles. The minimum atomic E-state index is -0.244. The maximum Gasteiger partial charge on any atom is 0.308 e. The highest BCUT2D eigenvalue weighted by Gasteiger charge is 2.21. The van der Waals surface area contributed by atoms with Gasteiger partial charge in [0.1, 0.15) is 0 Å². The molecule has 2 unspecified atom stereocenters. The lowest BCUT2D eigenvalue weighted by Gasteiger charge is -2.25. The molecule has 0 spiro atoms. The third kappa shape index (κ3) is 6.60. The Morgan fingerprint density at radius 2 is 2.24 bits per heavy atom. The summed E-state index contributed by atoms with van der Waals surface area (Å²) in [5, 5.41) is 0. The van der Waals surface area contributed by atoms with Crippen LogP contribution in [0.15, 0.2) is 0 Å². The van der Waals surface area contributed by atoms with Gasteiger partial charge in [-0.1, -0.05) is 48.8 Å². The lowest BCUT2D eigenvalue weighted by molar-refractivity contribution is -0.216. The molecule has 17 heavy (non-hydrogen) atoms. The molecule has 2 atom stereocenters. The summed E-state index contributed by atoms with van der Waals surface area (Å²) in [6, 6.07) is 0. The zero-order chi connectivity index (χ0) is 12.5. The van der Waals surface area contributed by atoms with E-state index in [-0.39, 0.29) is 12.3 Å². The molecule has 4 heteroatoms. The Bertz CT molecular complexity index is 213. The second-order valence-corrected chi connectivity index (χ2v) is 5.49. The van der Waals surface area contributed by atoms with Crippen molar-refractivity contribution >= 4 is 28.6 Å². The van der Waals surface area contributed by atoms with Gasteiger partial charge in [-0.2, -0.15) is 0 Å². The van der Waals surface area contributed by atoms with E-state index in [2.05, 4.69) is 29.5 Å². The standard InChI is InChI=1S/C13H23IO3/c1-2-11(10-14)6-4-3-5-7-12(15)17-13-8-9-16-13/h11,13H,2-10H2,1H3. The second kappa shape index (κ2) is 9.14. The molecule has 0 amide bonds. The van der Waals surface area contributed by atoms with E-state index in [4.69, 9.17) is 9.47 Å². The van der Waals surface area contributed by atoms with E-state index < -0.39 is 0 Å². The van der Waals surface area contributed by atoms with Crippen LogP contribution >= 0.6 is 22.6 Å². The molecule has 0 N–H and O–H groups in total. The highest BCUT2D eigenvalue weighted by molar-refractivity contribution is 14.1. The molecular weight excluding hydrogens is 331 g/mol. The second-order valence-electron chi connectivity index (χ2n) is 4.61. The van der Waals surface area contributed by atoms with Gasteiger partial charge in [-0.15, -0.1) is 0 Å². The van der Waals surface area contributed by atoms with Gasteiger partial charge in [0, 0.05) is 17.3 Å². The van der Waals surface area contributed by atoms with Gasteiger partial charge in [-0.25, -0.2) is 0 Å². The summed E-state index contributed by atoms with van der Waals surface area (Å²) >= 11 is 2.46. The number of hydrogen-bond donors (Lipinski definition) is 0. The number of hydrogen-bond acceptors (Lipinski definition) is 3. The topological polar surface area (TPSA) is 35.5 Å². The van der Waals surface area contributed by atoms with Crippen molar-refractivity contribution in [3.05, 3.63) is 0 Å². The van der Waals surface area contributed by atoms with E-state index in [1.807, 2.05) is 0 Å². The van der Waals surface area contributed by atoms with Crippen LogP contribution in [-0.4, -0.2) is 23.3 Å². The molecule has 0 aliphatic carbocycles. The number of carbonyl (C=O) groups excluding carboxylic acids is 1. The summed E-state index contributed by atoms with van der Waals surface area (Å²) in [6.07, 6.45) is 7.03. The van der Waals surface area contributed by atoms with Gasteiger partial charge in [0.2, 0.25) is 6.29 Å². The van der Waals surface area contributed by atoms with E-state index in [9.17, 15) is 4.79 Å². The Morgan fingerprint density at radius 3 is 2.76 bits per heavy atom. The van der Waals surface area contributed by atoms with Crippen LogP contribution in [0.3, 0.4) is 0 Å². The Balaban J connectivity index is 1.90. The first-order valence-corrected chi connectivity index (χ1v) is 8.15. The first-order valence-electron chi connectivity index (χ1n) is 6.63. The number of esters is 1. The summed E-state index contributed by atoms with van der Waals surface area (Å²) in [5.74, 6) is 0.751. The van der Waals surface area contributed by atoms with Crippen LogP contribution in [0.25, 0.3) is 0 Å². The number of alkyl halides is 1. The van der Waals surface area contributed by atoms with Crippen LogP contribution in [0.2, 0.25) is 0 Å². The zero-order valence-electron chi connectivity index (χ0n) is 10.6. The highest BCUT2D eigenvalue weighted by atomic mass is 127. The summed E-state index contributed by atoms with van der Waals surface area (Å²) in [5.41, 5.74) is 0. The van der Waals surface area contributed by atoms with Crippen LogP contribution in [0, 0.1) is 5.92 Å². The molecule has 100 valence electrons. The Labute approximate surface area is 118 Å². The highest BCUT2D eigenvalue weighted by Crippen LogP contribution is 2.17. The molecule has 0 aromatic heterocycles. The summed E-state index contributed by atoms with van der Waals surface area (Å²) in [7, 11) is 0. The van der Waals surface area contributed by atoms with Gasteiger partial charge in [-0.05, 0) is 18.8 Å². The van der Waals surface area contributed by atoms with Crippen LogP contribution < -0.4 is 0 Å². The molecule has 0 saturated carbocycles. The molecule has 1 aliphatic rings. The van der Waals surface area contributed by atoms with E-state index in [1.165, 1.54) is 23.7 Å². The Kier molecular flexibility index (Phi) is 8.18. The zero-order valence-corrected chi connectivity index (χ0v) is 12.8. The van der Waals surface area contributed by atoms with E-state index in [0.29, 0.717) is 6.42 Å².